The highest BCUT2D eigenvalue weighted by atomic mass is 16.7. The zero-order valence-electron chi connectivity index (χ0n) is 29.4. The SMILES string of the molecule is C=CC(C)(C)OC[C@H]1O[C@H](O[C@@H]2C3=C([C@H](C)CN4CCCCC4)C[C@H](O)[C@]3(C)/C=C3/[C@@H](COC)CC[C@@]3(C)C[C@H]2O)[C@H](O)[C@@H](O)[C@@H]1O. The van der Waals surface area contributed by atoms with E-state index in [0.717, 1.165) is 43.6 Å². The zero-order valence-corrected chi connectivity index (χ0v) is 29.4. The van der Waals surface area contributed by atoms with E-state index in [1.807, 2.05) is 20.8 Å². The van der Waals surface area contributed by atoms with Gasteiger partial charge in [0.05, 0.1) is 31.0 Å². The predicted octanol–water partition coefficient (Wildman–Crippen LogP) is 3.10. The van der Waals surface area contributed by atoms with Crippen LogP contribution in [0.2, 0.25) is 0 Å². The number of ether oxygens (including phenoxy) is 4. The van der Waals surface area contributed by atoms with E-state index in [4.69, 9.17) is 18.9 Å². The molecule has 10 heteroatoms. The molecule has 0 radical (unpaired) electrons. The lowest BCUT2D eigenvalue weighted by Crippen LogP contribution is -2.61. The summed E-state index contributed by atoms with van der Waals surface area (Å²) in [5.74, 6) is 0.280. The largest absolute Gasteiger partial charge is 0.392 e. The van der Waals surface area contributed by atoms with Crippen LogP contribution in [0.3, 0.4) is 0 Å². The fraction of sp³-hybridized carbons (Fsp3) is 0.838. The number of likely N-dealkylation sites (tertiary alicyclic amines) is 1. The van der Waals surface area contributed by atoms with Gasteiger partial charge in [0.2, 0.25) is 0 Å². The van der Waals surface area contributed by atoms with Gasteiger partial charge in [0.1, 0.15) is 30.5 Å². The van der Waals surface area contributed by atoms with Gasteiger partial charge in [-0.05, 0) is 89.3 Å². The van der Waals surface area contributed by atoms with Gasteiger partial charge >= 0.3 is 0 Å². The molecule has 0 amide bonds. The number of aliphatic hydroxyl groups is 5. The van der Waals surface area contributed by atoms with Gasteiger partial charge in [-0.25, -0.2) is 0 Å². The van der Waals surface area contributed by atoms with E-state index in [2.05, 4.69) is 31.4 Å². The highest BCUT2D eigenvalue weighted by Gasteiger charge is 2.56. The standard InChI is InChI=1S/C37H61NO9/c1-8-35(3,4)45-21-27-30(41)31(42)32(43)34(46-27)47-33-26(39)18-36(5)13-12-23(20-44-7)25(36)17-37(6)28(40)16-24(29(33)37)22(2)19-38-14-10-9-11-15-38/h8,17,22-23,26-28,30-34,39-43H,1,9-16,18-21H2,2-7H3/b25-17-/t22-,23-,26-,27-,28+,30-,31+,32-,33+,34-,36+,37+/m1/s1. The van der Waals surface area contributed by atoms with Gasteiger partial charge < -0.3 is 49.4 Å². The van der Waals surface area contributed by atoms with Crippen LogP contribution in [0.1, 0.15) is 79.6 Å². The summed E-state index contributed by atoms with van der Waals surface area (Å²) in [6, 6.07) is 0. The first-order chi connectivity index (χ1) is 22.1. The van der Waals surface area contributed by atoms with Gasteiger partial charge in [-0.15, -0.1) is 6.58 Å². The van der Waals surface area contributed by atoms with Crippen molar-refractivity contribution >= 4 is 0 Å². The highest BCUT2D eigenvalue weighted by molar-refractivity contribution is 5.44. The number of piperidine rings is 1. The third-order valence-electron chi connectivity index (χ3n) is 12.0. The van der Waals surface area contributed by atoms with Crippen molar-refractivity contribution in [1.82, 2.24) is 4.90 Å². The average Bonchev–Trinajstić information content (AvgIpc) is 3.46. The van der Waals surface area contributed by atoms with Crippen LogP contribution in [0.5, 0.6) is 0 Å². The first kappa shape index (κ1) is 37.1. The molecule has 47 heavy (non-hydrogen) atoms. The lowest BCUT2D eigenvalue weighted by Gasteiger charge is -2.46. The summed E-state index contributed by atoms with van der Waals surface area (Å²) < 4.78 is 24.4. The minimum absolute atomic E-state index is 0.0701. The molecule has 268 valence electrons. The number of hydrogen-bond acceptors (Lipinski definition) is 10. The van der Waals surface area contributed by atoms with Crippen LogP contribution in [0, 0.1) is 22.7 Å². The smallest absolute Gasteiger partial charge is 0.187 e. The lowest BCUT2D eigenvalue weighted by atomic mass is 9.66. The molecule has 1 saturated carbocycles. The van der Waals surface area contributed by atoms with E-state index in [9.17, 15) is 25.5 Å². The maximum atomic E-state index is 12.2. The van der Waals surface area contributed by atoms with Crippen molar-refractivity contribution in [2.75, 3.05) is 40.0 Å². The molecule has 3 aliphatic carbocycles. The maximum absolute atomic E-state index is 12.2. The fourth-order valence-electron chi connectivity index (χ4n) is 8.91. The van der Waals surface area contributed by atoms with Crippen LogP contribution in [-0.4, -0.2) is 125 Å². The second kappa shape index (κ2) is 14.6. The third kappa shape index (κ3) is 7.48. The van der Waals surface area contributed by atoms with Gasteiger partial charge in [0, 0.05) is 25.0 Å². The first-order valence-electron chi connectivity index (χ1n) is 17.8. The molecule has 0 aromatic heterocycles. The molecule has 2 aliphatic heterocycles. The number of hydrogen-bond donors (Lipinski definition) is 5. The Labute approximate surface area is 281 Å². The van der Waals surface area contributed by atoms with Gasteiger partial charge in [-0.2, -0.15) is 0 Å². The molecule has 12 atom stereocenters. The Morgan fingerprint density at radius 2 is 1.77 bits per heavy atom. The fourth-order valence-corrected chi connectivity index (χ4v) is 8.91. The van der Waals surface area contributed by atoms with Gasteiger partial charge in [-0.1, -0.05) is 43.6 Å². The average molecular weight is 664 g/mol. The van der Waals surface area contributed by atoms with E-state index in [1.54, 1.807) is 13.2 Å². The van der Waals surface area contributed by atoms with Crippen LogP contribution >= 0.6 is 0 Å². The Kier molecular flexibility index (Phi) is 11.5. The Morgan fingerprint density at radius 3 is 2.43 bits per heavy atom. The Balaban J connectivity index is 1.55. The summed E-state index contributed by atoms with van der Waals surface area (Å²) in [4.78, 5) is 2.49. The molecule has 0 spiro atoms. The van der Waals surface area contributed by atoms with E-state index >= 15 is 0 Å². The second-order valence-corrected chi connectivity index (χ2v) is 16.0. The summed E-state index contributed by atoms with van der Waals surface area (Å²) in [5, 5.41) is 57.1. The Hall–Kier alpha value is -1.18. The first-order valence-corrected chi connectivity index (χ1v) is 17.8. The maximum Gasteiger partial charge on any atom is 0.187 e. The molecule has 5 rings (SSSR count). The molecule has 10 nitrogen and oxygen atoms in total. The highest BCUT2D eigenvalue weighted by Crippen LogP contribution is 2.58. The molecule has 2 heterocycles. The number of methoxy groups -OCH3 is 1. The molecular weight excluding hydrogens is 602 g/mol. The minimum atomic E-state index is -1.57. The van der Waals surface area contributed by atoms with Gasteiger partial charge in [0.15, 0.2) is 6.29 Å². The monoisotopic (exact) mass is 663 g/mol. The number of nitrogens with zero attached hydrogens (tertiary/aromatic N) is 1. The van der Waals surface area contributed by atoms with Crippen molar-refractivity contribution in [3.05, 3.63) is 35.5 Å². The van der Waals surface area contributed by atoms with Gasteiger partial charge in [-0.3, -0.25) is 0 Å². The van der Waals surface area contributed by atoms with E-state index in [0.29, 0.717) is 19.4 Å². The van der Waals surface area contributed by atoms with Crippen molar-refractivity contribution in [3.8, 4) is 0 Å². The molecule has 0 aromatic rings. The molecule has 0 unspecified atom stereocenters. The second-order valence-electron chi connectivity index (χ2n) is 16.0. The van der Waals surface area contributed by atoms with Crippen molar-refractivity contribution in [2.45, 2.75) is 134 Å². The van der Waals surface area contributed by atoms with Crippen LogP contribution in [-0.2, 0) is 18.9 Å². The van der Waals surface area contributed by atoms with Gasteiger partial charge in [0.25, 0.3) is 0 Å². The van der Waals surface area contributed by atoms with Crippen molar-refractivity contribution in [1.29, 1.82) is 0 Å². The van der Waals surface area contributed by atoms with Crippen molar-refractivity contribution < 1.29 is 44.5 Å². The number of aliphatic hydroxyl groups excluding tert-OH is 5. The molecule has 2 saturated heterocycles. The topological polar surface area (TPSA) is 141 Å². The summed E-state index contributed by atoms with van der Waals surface area (Å²) in [5.41, 5.74) is 1.22. The number of rotatable bonds is 11. The molecule has 5 N–H and O–H groups in total. The zero-order chi connectivity index (χ0) is 34.3. The van der Waals surface area contributed by atoms with E-state index in [-0.39, 0.29) is 23.9 Å². The van der Waals surface area contributed by atoms with E-state index in [1.165, 1.54) is 24.8 Å². The Morgan fingerprint density at radius 1 is 1.06 bits per heavy atom. The summed E-state index contributed by atoms with van der Waals surface area (Å²) in [7, 11) is 1.72. The minimum Gasteiger partial charge on any atom is -0.392 e. The van der Waals surface area contributed by atoms with Crippen molar-refractivity contribution in [3.63, 3.8) is 0 Å². The van der Waals surface area contributed by atoms with Crippen LogP contribution in [0.4, 0.5) is 0 Å². The Bertz CT molecular complexity index is 1170. The third-order valence-corrected chi connectivity index (χ3v) is 12.0. The van der Waals surface area contributed by atoms with Crippen LogP contribution in [0.15, 0.2) is 35.5 Å². The normalized spacial score (nSPS) is 43.5. The van der Waals surface area contributed by atoms with E-state index < -0.39 is 60.0 Å². The number of fused-ring (bicyclic) bond motifs is 2. The molecule has 0 aromatic carbocycles. The molecular formula is C37H61NO9. The summed E-state index contributed by atoms with van der Waals surface area (Å²) in [6.07, 6.45) is 0.593. The van der Waals surface area contributed by atoms with Crippen LogP contribution in [0.25, 0.3) is 0 Å². The summed E-state index contributed by atoms with van der Waals surface area (Å²) >= 11 is 0. The van der Waals surface area contributed by atoms with Crippen molar-refractivity contribution in [2.24, 2.45) is 22.7 Å². The molecule has 0 bridgehead atoms. The lowest BCUT2D eigenvalue weighted by molar-refractivity contribution is -0.318. The summed E-state index contributed by atoms with van der Waals surface area (Å²) in [6.45, 7) is 17.3. The molecule has 3 fully saturated rings. The quantitative estimate of drug-likeness (QED) is 0.210. The van der Waals surface area contributed by atoms with Crippen LogP contribution < -0.4 is 0 Å². The molecule has 5 aliphatic rings. The predicted molar refractivity (Wildman–Crippen MR) is 178 cm³/mol.